The Morgan fingerprint density at radius 3 is 2.32 bits per heavy atom. The van der Waals surface area contributed by atoms with Crippen LogP contribution in [0.2, 0.25) is 0 Å². The van der Waals surface area contributed by atoms with Crippen LogP contribution in [-0.4, -0.2) is 44.9 Å². The maximum absolute atomic E-state index is 11.9. The normalized spacial score (nSPS) is 10.4. The van der Waals surface area contributed by atoms with Crippen LogP contribution in [0.15, 0.2) is 41.5 Å². The van der Waals surface area contributed by atoms with E-state index in [1.807, 2.05) is 0 Å². The van der Waals surface area contributed by atoms with Gasteiger partial charge in [0.1, 0.15) is 5.75 Å². The van der Waals surface area contributed by atoms with Crippen molar-refractivity contribution in [1.29, 1.82) is 0 Å². The number of hydrogen-bond acceptors (Lipinski definition) is 8. The molecule has 0 aliphatic rings. The number of hydrazone groups is 1. The number of benzene rings is 2. The molecule has 0 unspecified atom stereocenters. The summed E-state index contributed by atoms with van der Waals surface area (Å²) < 4.78 is 15.2. The van der Waals surface area contributed by atoms with Crippen molar-refractivity contribution in [3.05, 3.63) is 52.1 Å². The fraction of sp³-hybridized carbons (Fsp3) is 0.222. The first-order valence-corrected chi connectivity index (χ1v) is 8.08. The summed E-state index contributed by atoms with van der Waals surface area (Å²) in [6, 6.07) is 9.68. The lowest BCUT2D eigenvalue weighted by atomic mass is 10.1. The maximum atomic E-state index is 11.9. The molecule has 0 aliphatic carbocycles. The van der Waals surface area contributed by atoms with E-state index in [1.165, 1.54) is 32.6 Å². The van der Waals surface area contributed by atoms with Gasteiger partial charge in [0.2, 0.25) is 0 Å². The summed E-state index contributed by atoms with van der Waals surface area (Å²) in [5.74, 6) is 0.812. The van der Waals surface area contributed by atoms with Crippen LogP contribution in [0.1, 0.15) is 5.56 Å². The molecule has 0 saturated heterocycles. The van der Waals surface area contributed by atoms with Gasteiger partial charge in [0.25, 0.3) is 11.6 Å². The number of rotatable bonds is 9. The van der Waals surface area contributed by atoms with Gasteiger partial charge in [-0.25, -0.2) is 5.43 Å². The van der Waals surface area contributed by atoms with Crippen LogP contribution in [0.25, 0.3) is 0 Å². The van der Waals surface area contributed by atoms with Crippen LogP contribution in [-0.2, 0) is 4.79 Å². The zero-order valence-electron chi connectivity index (χ0n) is 15.6. The van der Waals surface area contributed by atoms with Crippen molar-refractivity contribution in [1.82, 2.24) is 5.43 Å². The van der Waals surface area contributed by atoms with E-state index in [2.05, 4.69) is 15.8 Å². The van der Waals surface area contributed by atoms with Gasteiger partial charge in [-0.2, -0.15) is 5.10 Å². The van der Waals surface area contributed by atoms with Gasteiger partial charge in [-0.3, -0.25) is 14.9 Å². The molecule has 2 N–H and O–H groups in total. The number of ether oxygens (including phenoxy) is 3. The van der Waals surface area contributed by atoms with Crippen LogP contribution in [0, 0.1) is 10.1 Å². The van der Waals surface area contributed by atoms with Gasteiger partial charge in [0, 0.05) is 5.69 Å². The summed E-state index contributed by atoms with van der Waals surface area (Å²) in [6.07, 6.45) is 1.17. The average molecular weight is 388 g/mol. The fourth-order valence-electron chi connectivity index (χ4n) is 2.25. The summed E-state index contributed by atoms with van der Waals surface area (Å²) in [4.78, 5) is 22.5. The van der Waals surface area contributed by atoms with Crippen LogP contribution < -0.4 is 25.0 Å². The quantitative estimate of drug-likeness (QED) is 0.383. The van der Waals surface area contributed by atoms with E-state index in [1.54, 1.807) is 31.4 Å². The molecule has 1 amide bonds. The van der Waals surface area contributed by atoms with E-state index in [0.717, 1.165) is 5.69 Å². The molecule has 0 aliphatic heterocycles. The Kier molecular flexibility index (Phi) is 7.14. The number of hydrogen-bond donors (Lipinski definition) is 2. The monoisotopic (exact) mass is 388 g/mol. The predicted octanol–water partition coefficient (Wildman–Crippen LogP) is 2.18. The molecule has 0 fully saturated rings. The Morgan fingerprint density at radius 1 is 1.11 bits per heavy atom. The zero-order valence-corrected chi connectivity index (χ0v) is 15.6. The maximum Gasteiger partial charge on any atom is 0.282 e. The van der Waals surface area contributed by atoms with Crippen LogP contribution in [0.5, 0.6) is 17.2 Å². The number of carbonyl (C=O) groups is 1. The van der Waals surface area contributed by atoms with Crippen molar-refractivity contribution in [2.24, 2.45) is 5.10 Å². The Bertz CT molecular complexity index is 867. The van der Waals surface area contributed by atoms with Gasteiger partial charge in [0.05, 0.1) is 50.6 Å². The summed E-state index contributed by atoms with van der Waals surface area (Å²) in [6.45, 7) is -0.0301. The molecule has 0 spiro atoms. The molecule has 0 bridgehead atoms. The molecule has 0 saturated carbocycles. The predicted molar refractivity (Wildman–Crippen MR) is 103 cm³/mol. The molecule has 0 radical (unpaired) electrons. The third kappa shape index (κ3) is 5.34. The Balaban J connectivity index is 2.00. The topological polar surface area (TPSA) is 124 Å². The van der Waals surface area contributed by atoms with Gasteiger partial charge in [-0.1, -0.05) is 0 Å². The highest BCUT2D eigenvalue weighted by Crippen LogP contribution is 2.33. The van der Waals surface area contributed by atoms with Crippen LogP contribution in [0.4, 0.5) is 11.4 Å². The number of carbonyl (C=O) groups excluding carboxylic acids is 1. The highest BCUT2D eigenvalue weighted by molar-refractivity contribution is 5.88. The minimum absolute atomic E-state index is 0.0301. The van der Waals surface area contributed by atoms with E-state index < -0.39 is 10.8 Å². The van der Waals surface area contributed by atoms with Gasteiger partial charge in [0.15, 0.2) is 11.5 Å². The third-order valence-corrected chi connectivity index (χ3v) is 3.67. The molecule has 0 heterocycles. The number of methoxy groups -OCH3 is 3. The number of nitrogens with zero attached hydrogens (tertiary/aromatic N) is 2. The van der Waals surface area contributed by atoms with Crippen molar-refractivity contribution in [3.8, 4) is 17.2 Å². The first-order valence-electron chi connectivity index (χ1n) is 8.08. The molecule has 28 heavy (non-hydrogen) atoms. The second kappa shape index (κ2) is 9.76. The first-order chi connectivity index (χ1) is 13.5. The van der Waals surface area contributed by atoms with Gasteiger partial charge in [-0.15, -0.1) is 0 Å². The van der Waals surface area contributed by atoms with Crippen molar-refractivity contribution >= 4 is 23.5 Å². The molecule has 0 aromatic heterocycles. The number of anilines is 1. The Labute approximate surface area is 161 Å². The largest absolute Gasteiger partial charge is 0.497 e. The molecular weight excluding hydrogens is 368 g/mol. The summed E-state index contributed by atoms with van der Waals surface area (Å²) in [5.41, 5.74) is 2.97. The standard InChI is InChI=1S/C18H20N4O6/c1-26-14-6-4-13(5-7-14)19-11-18(23)21-20-10-12-8-16(27-2)17(28-3)9-15(12)22(24)25/h4-10,19H,11H2,1-3H3,(H,21,23). The number of nitrogens with one attached hydrogen (secondary N) is 2. The van der Waals surface area contributed by atoms with Crippen molar-refractivity contribution in [2.45, 2.75) is 0 Å². The summed E-state index contributed by atoms with van der Waals surface area (Å²) in [7, 11) is 4.36. The van der Waals surface area contributed by atoms with Crippen LogP contribution in [0.3, 0.4) is 0 Å². The smallest absolute Gasteiger partial charge is 0.282 e. The molecule has 2 aromatic rings. The van der Waals surface area contributed by atoms with Crippen molar-refractivity contribution in [3.63, 3.8) is 0 Å². The van der Waals surface area contributed by atoms with E-state index in [0.29, 0.717) is 11.5 Å². The lowest BCUT2D eigenvalue weighted by molar-refractivity contribution is -0.385. The Morgan fingerprint density at radius 2 is 1.75 bits per heavy atom. The lowest BCUT2D eigenvalue weighted by Gasteiger charge is -2.08. The number of nitro groups is 1. The summed E-state index contributed by atoms with van der Waals surface area (Å²) >= 11 is 0. The molecule has 2 aromatic carbocycles. The van der Waals surface area contributed by atoms with Gasteiger partial charge < -0.3 is 19.5 Å². The zero-order chi connectivity index (χ0) is 20.5. The van der Waals surface area contributed by atoms with Gasteiger partial charge >= 0.3 is 0 Å². The van der Waals surface area contributed by atoms with Crippen LogP contribution >= 0.6 is 0 Å². The van der Waals surface area contributed by atoms with Crippen molar-refractivity contribution in [2.75, 3.05) is 33.2 Å². The number of amides is 1. The van der Waals surface area contributed by atoms with E-state index in [9.17, 15) is 14.9 Å². The molecule has 10 nitrogen and oxygen atoms in total. The van der Waals surface area contributed by atoms with Gasteiger partial charge in [-0.05, 0) is 30.3 Å². The molecule has 10 heteroatoms. The Hall–Kier alpha value is -3.82. The second-order valence-corrected chi connectivity index (χ2v) is 5.40. The highest BCUT2D eigenvalue weighted by Gasteiger charge is 2.18. The second-order valence-electron chi connectivity index (χ2n) is 5.40. The number of nitro benzene ring substituents is 1. The van der Waals surface area contributed by atoms with E-state index in [-0.39, 0.29) is 23.5 Å². The lowest BCUT2D eigenvalue weighted by Crippen LogP contribution is -2.25. The molecule has 2 rings (SSSR count). The van der Waals surface area contributed by atoms with Crippen molar-refractivity contribution < 1.29 is 23.9 Å². The SMILES string of the molecule is COc1ccc(NCC(=O)NN=Cc2cc(OC)c(OC)cc2[N+](=O)[O-])cc1. The fourth-order valence-corrected chi connectivity index (χ4v) is 2.25. The van der Waals surface area contributed by atoms with E-state index >= 15 is 0 Å². The first kappa shape index (κ1) is 20.5. The molecular formula is C18H20N4O6. The molecule has 148 valence electrons. The third-order valence-electron chi connectivity index (χ3n) is 3.67. The minimum Gasteiger partial charge on any atom is -0.497 e. The minimum atomic E-state index is -0.573. The summed E-state index contributed by atoms with van der Waals surface area (Å²) in [5, 5.41) is 17.9. The molecule has 0 atom stereocenters. The highest BCUT2D eigenvalue weighted by atomic mass is 16.6. The van der Waals surface area contributed by atoms with E-state index in [4.69, 9.17) is 14.2 Å². The average Bonchev–Trinajstić information content (AvgIpc) is 2.71.